The number of likely N-dealkylation sites (tertiary alicyclic amines) is 1. The fourth-order valence-electron chi connectivity index (χ4n) is 4.76. The molecule has 30 heavy (non-hydrogen) atoms. The van der Waals surface area contributed by atoms with Gasteiger partial charge in [0.05, 0.1) is 23.6 Å². The zero-order valence-electron chi connectivity index (χ0n) is 17.9. The van der Waals surface area contributed by atoms with Crippen LogP contribution in [0.4, 0.5) is 0 Å². The minimum Gasteiger partial charge on any atom is -0.466 e. The molecule has 4 rings (SSSR count). The molecule has 3 heterocycles. The molecule has 7 heteroatoms. The van der Waals surface area contributed by atoms with Crippen LogP contribution in [0, 0.1) is 12.3 Å². The molecule has 2 aliphatic heterocycles. The van der Waals surface area contributed by atoms with E-state index in [2.05, 4.69) is 10.2 Å². The van der Waals surface area contributed by atoms with Gasteiger partial charge >= 0.3 is 5.97 Å². The van der Waals surface area contributed by atoms with Gasteiger partial charge in [-0.1, -0.05) is 11.6 Å². The van der Waals surface area contributed by atoms with E-state index in [4.69, 9.17) is 9.47 Å². The lowest BCUT2D eigenvalue weighted by atomic mass is 9.73. The van der Waals surface area contributed by atoms with Gasteiger partial charge in [0.15, 0.2) is 5.69 Å². The summed E-state index contributed by atoms with van der Waals surface area (Å²) in [4.78, 5) is 27.9. The number of ether oxygens (including phenoxy) is 2. The Balaban J connectivity index is 1.49. The number of fused-ring (bicyclic) bond motifs is 1. The molecule has 2 aliphatic rings. The Morgan fingerprint density at radius 1 is 1.30 bits per heavy atom. The zero-order valence-corrected chi connectivity index (χ0v) is 17.9. The highest BCUT2D eigenvalue weighted by molar-refractivity contribution is 6.04. The number of H-pyrrole nitrogens is 1. The molecule has 162 valence electrons. The van der Waals surface area contributed by atoms with Crippen LogP contribution < -0.4 is 0 Å². The molecule has 7 nitrogen and oxygen atoms in total. The van der Waals surface area contributed by atoms with Gasteiger partial charge in [0.2, 0.25) is 0 Å². The SMILES string of the molecule is CCOC(=O)C1(C[C@H]2CCCCO2)CCN(C(=O)c2n[nH]c3ccc(C)cc23)CC1. The maximum atomic E-state index is 13.2. The van der Waals surface area contributed by atoms with Gasteiger partial charge in [0.1, 0.15) is 0 Å². The van der Waals surface area contributed by atoms with Gasteiger partial charge in [0, 0.05) is 25.1 Å². The molecule has 0 unspecified atom stereocenters. The Labute approximate surface area is 177 Å². The highest BCUT2D eigenvalue weighted by Gasteiger charge is 2.45. The van der Waals surface area contributed by atoms with E-state index in [0.717, 1.165) is 42.3 Å². The largest absolute Gasteiger partial charge is 0.466 e. The van der Waals surface area contributed by atoms with E-state index in [0.29, 0.717) is 44.7 Å². The number of rotatable bonds is 5. The second-order valence-corrected chi connectivity index (χ2v) is 8.61. The highest BCUT2D eigenvalue weighted by Crippen LogP contribution is 2.40. The molecule has 1 aromatic heterocycles. The van der Waals surface area contributed by atoms with Crippen molar-refractivity contribution < 1.29 is 19.1 Å². The summed E-state index contributed by atoms with van der Waals surface area (Å²) >= 11 is 0. The summed E-state index contributed by atoms with van der Waals surface area (Å²) in [5.74, 6) is -0.231. The van der Waals surface area contributed by atoms with Gasteiger partial charge in [-0.25, -0.2) is 0 Å². The number of benzene rings is 1. The van der Waals surface area contributed by atoms with Crippen molar-refractivity contribution in [3.05, 3.63) is 29.5 Å². The van der Waals surface area contributed by atoms with Gasteiger partial charge in [0.25, 0.3) is 5.91 Å². The summed E-state index contributed by atoms with van der Waals surface area (Å²) < 4.78 is 11.4. The first-order chi connectivity index (χ1) is 14.5. The van der Waals surface area contributed by atoms with Crippen LogP contribution in [0.25, 0.3) is 10.9 Å². The number of carbonyl (C=O) groups is 2. The minimum atomic E-state index is -0.570. The van der Waals surface area contributed by atoms with Crippen molar-refractivity contribution in [3.8, 4) is 0 Å². The van der Waals surface area contributed by atoms with Crippen molar-refractivity contribution in [1.82, 2.24) is 15.1 Å². The zero-order chi connectivity index (χ0) is 21.1. The van der Waals surface area contributed by atoms with Crippen LogP contribution in [-0.4, -0.2) is 59.4 Å². The summed E-state index contributed by atoms with van der Waals surface area (Å²) in [6.07, 6.45) is 5.18. The fourth-order valence-corrected chi connectivity index (χ4v) is 4.76. The van der Waals surface area contributed by atoms with E-state index in [-0.39, 0.29) is 18.0 Å². The molecule has 2 saturated heterocycles. The van der Waals surface area contributed by atoms with Gasteiger partial charge in [-0.15, -0.1) is 0 Å². The summed E-state index contributed by atoms with van der Waals surface area (Å²) in [5.41, 5.74) is 1.83. The number of amides is 1. The number of piperidine rings is 1. The number of aromatic nitrogens is 2. The lowest BCUT2D eigenvalue weighted by Crippen LogP contribution is -2.49. The van der Waals surface area contributed by atoms with Gasteiger partial charge in [-0.05, 0) is 64.5 Å². The Kier molecular flexibility index (Phi) is 6.09. The predicted molar refractivity (Wildman–Crippen MR) is 113 cm³/mol. The van der Waals surface area contributed by atoms with E-state index in [1.807, 2.05) is 36.9 Å². The molecule has 1 aromatic carbocycles. The molecule has 1 N–H and O–H groups in total. The maximum absolute atomic E-state index is 13.2. The minimum absolute atomic E-state index is 0.0850. The lowest BCUT2D eigenvalue weighted by molar-refractivity contribution is -0.162. The number of aryl methyl sites for hydroxylation is 1. The molecule has 2 fully saturated rings. The first-order valence-electron chi connectivity index (χ1n) is 11.1. The fraction of sp³-hybridized carbons (Fsp3) is 0.609. The Bertz CT molecular complexity index is 908. The molecular formula is C23H31N3O4. The predicted octanol–water partition coefficient (Wildman–Crippen LogP) is 3.62. The van der Waals surface area contributed by atoms with Crippen molar-refractivity contribution >= 4 is 22.8 Å². The topological polar surface area (TPSA) is 84.5 Å². The highest BCUT2D eigenvalue weighted by atomic mass is 16.5. The number of nitrogens with one attached hydrogen (secondary N) is 1. The van der Waals surface area contributed by atoms with E-state index in [1.165, 1.54) is 0 Å². The molecule has 1 amide bonds. The smallest absolute Gasteiger partial charge is 0.312 e. The summed E-state index contributed by atoms with van der Waals surface area (Å²) in [6.45, 7) is 6.01. The van der Waals surface area contributed by atoms with E-state index >= 15 is 0 Å². The summed E-state index contributed by atoms with van der Waals surface area (Å²) in [6, 6.07) is 5.93. The molecule has 0 bridgehead atoms. The van der Waals surface area contributed by atoms with E-state index < -0.39 is 5.41 Å². The Hall–Kier alpha value is -2.41. The monoisotopic (exact) mass is 413 g/mol. The molecule has 0 saturated carbocycles. The molecule has 0 aliphatic carbocycles. The third-order valence-electron chi connectivity index (χ3n) is 6.53. The lowest BCUT2D eigenvalue weighted by Gasteiger charge is -2.42. The Morgan fingerprint density at radius 3 is 2.80 bits per heavy atom. The van der Waals surface area contributed by atoms with Crippen LogP contribution in [0.3, 0.4) is 0 Å². The number of nitrogens with zero attached hydrogens (tertiary/aromatic N) is 2. The average molecular weight is 414 g/mol. The first kappa shape index (κ1) is 20.8. The summed E-state index contributed by atoms with van der Waals surface area (Å²) in [5, 5.41) is 8.08. The summed E-state index contributed by atoms with van der Waals surface area (Å²) in [7, 11) is 0. The van der Waals surface area contributed by atoms with Crippen LogP contribution in [0.2, 0.25) is 0 Å². The van der Waals surface area contributed by atoms with Crippen LogP contribution in [-0.2, 0) is 14.3 Å². The maximum Gasteiger partial charge on any atom is 0.312 e. The second-order valence-electron chi connectivity index (χ2n) is 8.61. The van der Waals surface area contributed by atoms with Crippen molar-refractivity contribution in [2.24, 2.45) is 5.41 Å². The van der Waals surface area contributed by atoms with Crippen LogP contribution in [0.5, 0.6) is 0 Å². The first-order valence-corrected chi connectivity index (χ1v) is 11.1. The normalized spacial score (nSPS) is 21.5. The number of hydrogen-bond acceptors (Lipinski definition) is 5. The van der Waals surface area contributed by atoms with Crippen LogP contribution in [0.15, 0.2) is 18.2 Å². The van der Waals surface area contributed by atoms with Crippen molar-refractivity contribution in [3.63, 3.8) is 0 Å². The molecular weight excluding hydrogens is 382 g/mol. The van der Waals surface area contributed by atoms with E-state index in [1.54, 1.807) is 0 Å². The van der Waals surface area contributed by atoms with Crippen molar-refractivity contribution in [1.29, 1.82) is 0 Å². The van der Waals surface area contributed by atoms with Crippen LogP contribution >= 0.6 is 0 Å². The Morgan fingerprint density at radius 2 is 2.10 bits per heavy atom. The second kappa shape index (κ2) is 8.76. The number of aromatic amines is 1. The van der Waals surface area contributed by atoms with E-state index in [9.17, 15) is 9.59 Å². The molecule has 1 atom stereocenters. The standard InChI is InChI=1S/C23H31N3O4/c1-3-29-22(28)23(15-17-6-4-5-13-30-17)9-11-26(12-10-23)21(27)20-18-14-16(2)7-8-19(18)24-25-20/h7-8,14,17H,3-6,9-13,15H2,1-2H3,(H,24,25)/t17-/m1/s1. The molecule has 0 spiro atoms. The quantitative estimate of drug-likeness (QED) is 0.757. The molecule has 0 radical (unpaired) electrons. The van der Waals surface area contributed by atoms with Crippen molar-refractivity contribution in [2.45, 2.75) is 58.5 Å². The van der Waals surface area contributed by atoms with Gasteiger partial charge < -0.3 is 14.4 Å². The van der Waals surface area contributed by atoms with Gasteiger partial charge in [-0.2, -0.15) is 5.10 Å². The number of carbonyl (C=O) groups excluding carboxylic acids is 2. The third kappa shape index (κ3) is 4.08. The average Bonchev–Trinajstić information content (AvgIpc) is 3.17. The van der Waals surface area contributed by atoms with Crippen molar-refractivity contribution in [2.75, 3.05) is 26.3 Å². The van der Waals surface area contributed by atoms with Gasteiger partial charge in [-0.3, -0.25) is 14.7 Å². The molecule has 2 aromatic rings. The number of hydrogen-bond donors (Lipinski definition) is 1. The number of esters is 1. The third-order valence-corrected chi connectivity index (χ3v) is 6.53. The van der Waals surface area contributed by atoms with Crippen LogP contribution in [0.1, 0.15) is 61.5 Å².